The van der Waals surface area contributed by atoms with Crippen LogP contribution >= 0.6 is 40.1 Å². The van der Waals surface area contributed by atoms with Crippen molar-refractivity contribution >= 4 is 46.0 Å². The molecule has 0 radical (unpaired) electrons. The predicted molar refractivity (Wildman–Crippen MR) is 88.0 cm³/mol. The van der Waals surface area contributed by atoms with Gasteiger partial charge in [0.05, 0.1) is 0 Å². The molecule has 0 fully saturated rings. The number of hydrogen-bond acceptors (Lipinski definition) is 3. The number of rotatable bonds is 6. The molecule has 1 aromatic rings. The van der Waals surface area contributed by atoms with Crippen LogP contribution in [0.5, 0.6) is 0 Å². The molecular formula is C13H20BrClN2OS. The molecule has 1 aromatic carbocycles. The van der Waals surface area contributed by atoms with Gasteiger partial charge in [0, 0.05) is 41.2 Å². The first-order valence-corrected chi connectivity index (χ1v) is 7.67. The number of nitrogens with two attached hydrogens (primary N) is 1. The molecule has 0 aliphatic heterocycles. The van der Waals surface area contributed by atoms with E-state index in [9.17, 15) is 4.79 Å². The highest BCUT2D eigenvalue weighted by Gasteiger charge is 2.13. The van der Waals surface area contributed by atoms with Gasteiger partial charge in [0.15, 0.2) is 0 Å². The lowest BCUT2D eigenvalue weighted by Gasteiger charge is -2.23. The number of benzene rings is 1. The Morgan fingerprint density at radius 2 is 2.11 bits per heavy atom. The molecule has 1 amide bonds. The summed E-state index contributed by atoms with van der Waals surface area (Å²) in [4.78, 5) is 14.8. The molecule has 108 valence electrons. The first-order chi connectivity index (χ1) is 8.56. The molecule has 0 saturated heterocycles. The Labute approximate surface area is 133 Å². The topological polar surface area (TPSA) is 46.3 Å². The summed E-state index contributed by atoms with van der Waals surface area (Å²) in [6, 6.07) is 8.14. The molecule has 0 heterocycles. The van der Waals surface area contributed by atoms with Gasteiger partial charge in [-0.1, -0.05) is 12.1 Å². The number of likely N-dealkylation sites (N-methyl/N-ethyl adjacent to an activating group) is 1. The summed E-state index contributed by atoms with van der Waals surface area (Å²) in [6.07, 6.45) is 0.535. The first-order valence-electron chi connectivity index (χ1n) is 5.89. The second-order valence-corrected chi connectivity index (χ2v) is 6.11. The van der Waals surface area contributed by atoms with E-state index in [1.165, 1.54) is 4.90 Å². The number of thioether (sulfide) groups is 1. The number of halogens is 2. The first kappa shape index (κ1) is 18.8. The van der Waals surface area contributed by atoms with Crippen molar-refractivity contribution in [1.29, 1.82) is 0 Å². The van der Waals surface area contributed by atoms with Crippen LogP contribution in [0.2, 0.25) is 0 Å². The van der Waals surface area contributed by atoms with Crippen LogP contribution in [-0.4, -0.2) is 36.2 Å². The summed E-state index contributed by atoms with van der Waals surface area (Å²) >= 11 is 5.18. The fraction of sp³-hybridized carbons (Fsp3) is 0.462. The molecule has 0 aliphatic carbocycles. The fourth-order valence-electron chi connectivity index (χ4n) is 1.39. The highest BCUT2D eigenvalue weighted by molar-refractivity contribution is 9.10. The van der Waals surface area contributed by atoms with Gasteiger partial charge in [0.1, 0.15) is 0 Å². The highest BCUT2D eigenvalue weighted by Crippen LogP contribution is 2.27. The van der Waals surface area contributed by atoms with E-state index in [1.54, 1.807) is 16.7 Å². The van der Waals surface area contributed by atoms with Crippen LogP contribution in [0.1, 0.15) is 13.3 Å². The Kier molecular flexibility index (Phi) is 9.52. The molecule has 3 nitrogen and oxygen atoms in total. The fourth-order valence-corrected chi connectivity index (χ4v) is 2.90. The molecule has 0 spiro atoms. The lowest BCUT2D eigenvalue weighted by molar-refractivity contribution is -0.131. The van der Waals surface area contributed by atoms with Gasteiger partial charge in [-0.2, -0.15) is 0 Å². The van der Waals surface area contributed by atoms with Crippen molar-refractivity contribution in [3.05, 3.63) is 28.7 Å². The molecule has 0 bridgehead atoms. The van der Waals surface area contributed by atoms with Crippen molar-refractivity contribution in [3.63, 3.8) is 0 Å². The molecule has 0 aliphatic rings. The van der Waals surface area contributed by atoms with Crippen molar-refractivity contribution in [2.75, 3.05) is 19.3 Å². The minimum absolute atomic E-state index is 0. The van der Waals surface area contributed by atoms with Crippen LogP contribution in [0.15, 0.2) is 33.6 Å². The van der Waals surface area contributed by atoms with Crippen LogP contribution in [-0.2, 0) is 4.79 Å². The third kappa shape index (κ3) is 6.17. The average molecular weight is 368 g/mol. The maximum absolute atomic E-state index is 11.9. The molecular weight excluding hydrogens is 348 g/mol. The van der Waals surface area contributed by atoms with Crippen LogP contribution in [0, 0.1) is 0 Å². The van der Waals surface area contributed by atoms with E-state index >= 15 is 0 Å². The quantitative estimate of drug-likeness (QED) is 0.786. The standard InChI is InChI=1S/C13H19BrN2OS.ClH/c1-10(9-15)16(2)13(17)7-8-18-12-6-4-3-5-11(12)14;/h3-6,10H,7-9,15H2,1-2H3;1H. The number of carbonyl (C=O) groups excluding carboxylic acids is 1. The maximum atomic E-state index is 11.9. The zero-order valence-corrected chi connectivity index (χ0v) is 14.4. The highest BCUT2D eigenvalue weighted by atomic mass is 79.9. The van der Waals surface area contributed by atoms with E-state index < -0.39 is 0 Å². The van der Waals surface area contributed by atoms with E-state index in [1.807, 2.05) is 38.2 Å². The number of hydrogen-bond donors (Lipinski definition) is 1. The SMILES string of the molecule is CC(CN)N(C)C(=O)CCSc1ccccc1Br.Cl. The van der Waals surface area contributed by atoms with E-state index in [0.717, 1.165) is 10.2 Å². The number of carbonyl (C=O) groups is 1. The number of amides is 1. The largest absolute Gasteiger partial charge is 0.342 e. The van der Waals surface area contributed by atoms with E-state index in [2.05, 4.69) is 15.9 Å². The average Bonchev–Trinajstić information content (AvgIpc) is 2.39. The van der Waals surface area contributed by atoms with Gasteiger partial charge < -0.3 is 10.6 Å². The third-order valence-corrected chi connectivity index (χ3v) is 4.84. The molecule has 1 unspecified atom stereocenters. The van der Waals surface area contributed by atoms with E-state index in [0.29, 0.717) is 13.0 Å². The second kappa shape index (κ2) is 9.64. The van der Waals surface area contributed by atoms with Gasteiger partial charge in [0.25, 0.3) is 0 Å². The number of nitrogens with zero attached hydrogens (tertiary/aromatic N) is 1. The maximum Gasteiger partial charge on any atom is 0.223 e. The third-order valence-electron chi connectivity index (χ3n) is 2.81. The minimum atomic E-state index is 0. The Hall–Kier alpha value is -0.230. The Morgan fingerprint density at radius 1 is 1.47 bits per heavy atom. The van der Waals surface area contributed by atoms with Gasteiger partial charge in [-0.3, -0.25) is 4.79 Å². The predicted octanol–water partition coefficient (Wildman–Crippen LogP) is 3.16. The van der Waals surface area contributed by atoms with E-state index in [4.69, 9.17) is 5.73 Å². The van der Waals surface area contributed by atoms with Gasteiger partial charge >= 0.3 is 0 Å². The minimum Gasteiger partial charge on any atom is -0.342 e. The van der Waals surface area contributed by atoms with Crippen molar-refractivity contribution in [3.8, 4) is 0 Å². The normalized spacial score (nSPS) is 11.6. The molecule has 6 heteroatoms. The summed E-state index contributed by atoms with van der Waals surface area (Å²) in [5, 5.41) is 0. The second-order valence-electron chi connectivity index (χ2n) is 4.12. The van der Waals surface area contributed by atoms with Gasteiger partial charge in [0.2, 0.25) is 5.91 Å². The molecule has 2 N–H and O–H groups in total. The van der Waals surface area contributed by atoms with E-state index in [-0.39, 0.29) is 24.4 Å². The summed E-state index contributed by atoms with van der Waals surface area (Å²) in [6.45, 7) is 2.46. The van der Waals surface area contributed by atoms with Crippen molar-refractivity contribution in [1.82, 2.24) is 4.90 Å². The summed E-state index contributed by atoms with van der Waals surface area (Å²) in [5.41, 5.74) is 5.55. The lowest BCUT2D eigenvalue weighted by atomic mass is 10.3. The monoisotopic (exact) mass is 366 g/mol. The van der Waals surface area contributed by atoms with Crippen LogP contribution in [0.4, 0.5) is 0 Å². The Balaban J connectivity index is 0.00000324. The van der Waals surface area contributed by atoms with Gasteiger partial charge in [-0.25, -0.2) is 0 Å². The van der Waals surface area contributed by atoms with Crippen LogP contribution in [0.3, 0.4) is 0 Å². The zero-order valence-electron chi connectivity index (χ0n) is 11.1. The summed E-state index contributed by atoms with van der Waals surface area (Å²) in [5.74, 6) is 0.927. The van der Waals surface area contributed by atoms with Gasteiger partial charge in [-0.15, -0.1) is 24.2 Å². The molecule has 1 rings (SSSR count). The summed E-state index contributed by atoms with van der Waals surface area (Å²) < 4.78 is 1.08. The Bertz CT molecular complexity index is 406. The van der Waals surface area contributed by atoms with Crippen molar-refractivity contribution in [2.24, 2.45) is 5.73 Å². The van der Waals surface area contributed by atoms with Gasteiger partial charge in [-0.05, 0) is 35.0 Å². The lowest BCUT2D eigenvalue weighted by Crippen LogP contribution is -2.39. The molecule has 0 aromatic heterocycles. The Morgan fingerprint density at radius 3 is 2.68 bits per heavy atom. The molecule has 19 heavy (non-hydrogen) atoms. The summed E-state index contributed by atoms with van der Waals surface area (Å²) in [7, 11) is 1.81. The van der Waals surface area contributed by atoms with Crippen molar-refractivity contribution < 1.29 is 4.79 Å². The molecule has 0 saturated carbocycles. The van der Waals surface area contributed by atoms with Crippen LogP contribution < -0.4 is 5.73 Å². The van der Waals surface area contributed by atoms with Crippen LogP contribution in [0.25, 0.3) is 0 Å². The van der Waals surface area contributed by atoms with Crippen molar-refractivity contribution in [2.45, 2.75) is 24.3 Å². The smallest absolute Gasteiger partial charge is 0.223 e. The molecule has 1 atom stereocenters. The zero-order chi connectivity index (χ0) is 13.5.